The molecule has 3 aromatic rings. The third-order valence-corrected chi connectivity index (χ3v) is 3.65. The van der Waals surface area contributed by atoms with Crippen LogP contribution >= 0.6 is 0 Å². The van der Waals surface area contributed by atoms with Gasteiger partial charge in [-0.25, -0.2) is 4.79 Å². The Labute approximate surface area is 128 Å². The van der Waals surface area contributed by atoms with Gasteiger partial charge in [-0.05, 0) is 11.6 Å². The van der Waals surface area contributed by atoms with Gasteiger partial charge < -0.3 is 4.42 Å². The van der Waals surface area contributed by atoms with Gasteiger partial charge in [0.2, 0.25) is 0 Å². The van der Waals surface area contributed by atoms with Crippen LogP contribution in [-0.2, 0) is 0 Å². The number of hydrogen-bond donors (Lipinski definition) is 0. The number of carbonyl (C=O) groups excluding carboxylic acids is 1. The zero-order valence-corrected chi connectivity index (χ0v) is 12.5. The van der Waals surface area contributed by atoms with Crippen LogP contribution in [0.1, 0.15) is 24.2 Å². The van der Waals surface area contributed by atoms with Gasteiger partial charge in [0.1, 0.15) is 11.1 Å². The van der Waals surface area contributed by atoms with Gasteiger partial charge >= 0.3 is 5.63 Å². The van der Waals surface area contributed by atoms with Crippen LogP contribution in [0, 0.1) is 5.92 Å². The van der Waals surface area contributed by atoms with E-state index >= 15 is 0 Å². The van der Waals surface area contributed by atoms with E-state index in [4.69, 9.17) is 4.42 Å². The van der Waals surface area contributed by atoms with E-state index in [1.807, 2.05) is 48.5 Å². The zero-order valence-electron chi connectivity index (χ0n) is 12.5. The summed E-state index contributed by atoms with van der Waals surface area (Å²) in [5.74, 6) is -0.468. The van der Waals surface area contributed by atoms with Crippen molar-refractivity contribution in [3.8, 4) is 11.1 Å². The molecule has 0 aliphatic heterocycles. The van der Waals surface area contributed by atoms with E-state index in [0.717, 1.165) is 10.9 Å². The minimum absolute atomic E-state index is 0.139. The maximum Gasteiger partial charge on any atom is 0.347 e. The lowest BCUT2D eigenvalue weighted by Gasteiger charge is -2.12. The summed E-state index contributed by atoms with van der Waals surface area (Å²) in [5, 5.41) is 0.775. The Hall–Kier alpha value is -2.68. The minimum atomic E-state index is -0.573. The van der Waals surface area contributed by atoms with Crippen LogP contribution in [0.15, 0.2) is 63.8 Å². The minimum Gasteiger partial charge on any atom is -0.422 e. The number of fused-ring (bicyclic) bond motifs is 1. The van der Waals surface area contributed by atoms with Crippen LogP contribution in [-0.4, -0.2) is 5.78 Å². The van der Waals surface area contributed by atoms with Gasteiger partial charge in [0, 0.05) is 16.9 Å². The van der Waals surface area contributed by atoms with Crippen molar-refractivity contribution < 1.29 is 9.21 Å². The average molecular weight is 292 g/mol. The SMILES string of the molecule is CC(C)C(=O)c1c(-c2ccccc2)c2ccccc2oc1=O. The second kappa shape index (κ2) is 5.60. The Morgan fingerprint density at radius 1 is 0.955 bits per heavy atom. The largest absolute Gasteiger partial charge is 0.422 e. The van der Waals surface area contributed by atoms with Gasteiger partial charge in [0.15, 0.2) is 5.78 Å². The fourth-order valence-corrected chi connectivity index (χ4v) is 2.57. The summed E-state index contributed by atoms with van der Waals surface area (Å²) < 4.78 is 5.35. The lowest BCUT2D eigenvalue weighted by molar-refractivity contribution is 0.0936. The summed E-state index contributed by atoms with van der Waals surface area (Å²) in [6.45, 7) is 3.57. The molecule has 1 heterocycles. The molecule has 110 valence electrons. The number of carbonyl (C=O) groups is 1. The van der Waals surface area contributed by atoms with Crippen molar-refractivity contribution in [1.82, 2.24) is 0 Å². The van der Waals surface area contributed by atoms with Crippen molar-refractivity contribution in [2.24, 2.45) is 5.92 Å². The first-order valence-electron chi connectivity index (χ1n) is 7.25. The van der Waals surface area contributed by atoms with Crippen LogP contribution in [0.3, 0.4) is 0 Å². The molecule has 22 heavy (non-hydrogen) atoms. The molecule has 0 N–H and O–H groups in total. The van der Waals surface area contributed by atoms with E-state index in [2.05, 4.69) is 0 Å². The van der Waals surface area contributed by atoms with Gasteiger partial charge in [0.05, 0.1) is 0 Å². The van der Waals surface area contributed by atoms with Crippen LogP contribution in [0.2, 0.25) is 0 Å². The first kappa shape index (κ1) is 14.3. The molecular weight excluding hydrogens is 276 g/mol. The molecule has 3 heteroatoms. The molecule has 3 nitrogen and oxygen atoms in total. The van der Waals surface area contributed by atoms with E-state index in [0.29, 0.717) is 11.1 Å². The smallest absolute Gasteiger partial charge is 0.347 e. The number of ketones is 1. The molecule has 0 unspecified atom stereocenters. The van der Waals surface area contributed by atoms with E-state index in [-0.39, 0.29) is 17.3 Å². The molecule has 0 atom stereocenters. The van der Waals surface area contributed by atoms with Crippen molar-refractivity contribution >= 4 is 16.8 Å². The average Bonchev–Trinajstić information content (AvgIpc) is 2.53. The number of benzene rings is 2. The Bertz CT molecular complexity index is 889. The molecule has 3 rings (SSSR count). The highest BCUT2D eigenvalue weighted by Crippen LogP contribution is 2.31. The standard InChI is InChI=1S/C19H16O3/c1-12(2)18(20)17-16(13-8-4-3-5-9-13)14-10-6-7-11-15(14)22-19(17)21/h3-12H,1-2H3. The van der Waals surface area contributed by atoms with Crippen LogP contribution in [0.25, 0.3) is 22.1 Å². The van der Waals surface area contributed by atoms with Gasteiger partial charge in [-0.3, -0.25) is 4.79 Å². The quantitative estimate of drug-likeness (QED) is 0.534. The number of Topliss-reactive ketones (excluding diaryl/α,β-unsaturated/α-hetero) is 1. The van der Waals surface area contributed by atoms with Gasteiger partial charge in [0.25, 0.3) is 0 Å². The van der Waals surface area contributed by atoms with Gasteiger partial charge in [-0.2, -0.15) is 0 Å². The Kier molecular flexibility index (Phi) is 3.63. The van der Waals surface area contributed by atoms with E-state index < -0.39 is 5.63 Å². The molecule has 0 saturated carbocycles. The predicted molar refractivity (Wildman–Crippen MR) is 87.1 cm³/mol. The van der Waals surface area contributed by atoms with E-state index in [1.54, 1.807) is 19.9 Å². The highest BCUT2D eigenvalue weighted by atomic mass is 16.4. The number of para-hydroxylation sites is 1. The third-order valence-electron chi connectivity index (χ3n) is 3.65. The molecule has 0 spiro atoms. The van der Waals surface area contributed by atoms with Gasteiger partial charge in [-0.15, -0.1) is 0 Å². The Balaban J connectivity index is 2.46. The van der Waals surface area contributed by atoms with Crippen molar-refractivity contribution in [1.29, 1.82) is 0 Å². The van der Waals surface area contributed by atoms with Crippen molar-refractivity contribution in [3.63, 3.8) is 0 Å². The molecule has 2 aromatic carbocycles. The maximum atomic E-state index is 12.5. The van der Waals surface area contributed by atoms with Crippen molar-refractivity contribution in [2.45, 2.75) is 13.8 Å². The Morgan fingerprint density at radius 3 is 2.27 bits per heavy atom. The van der Waals surface area contributed by atoms with E-state index in [1.165, 1.54) is 0 Å². The fraction of sp³-hybridized carbons (Fsp3) is 0.158. The highest BCUT2D eigenvalue weighted by molar-refractivity contribution is 6.09. The summed E-state index contributed by atoms with van der Waals surface area (Å²) in [6.07, 6.45) is 0. The summed E-state index contributed by atoms with van der Waals surface area (Å²) in [5.41, 5.74) is 1.56. The predicted octanol–water partition coefficient (Wildman–Crippen LogP) is 4.30. The lowest BCUT2D eigenvalue weighted by atomic mass is 9.91. The van der Waals surface area contributed by atoms with Crippen LogP contribution < -0.4 is 5.63 Å². The first-order valence-corrected chi connectivity index (χ1v) is 7.25. The summed E-state index contributed by atoms with van der Waals surface area (Å²) in [6, 6.07) is 16.8. The molecule has 0 aliphatic carbocycles. The second-order valence-electron chi connectivity index (χ2n) is 5.52. The zero-order chi connectivity index (χ0) is 15.7. The lowest BCUT2D eigenvalue weighted by Crippen LogP contribution is -2.20. The number of rotatable bonds is 3. The summed E-state index contributed by atoms with van der Waals surface area (Å²) >= 11 is 0. The van der Waals surface area contributed by atoms with Crippen LogP contribution in [0.4, 0.5) is 0 Å². The van der Waals surface area contributed by atoms with Crippen molar-refractivity contribution in [2.75, 3.05) is 0 Å². The monoisotopic (exact) mass is 292 g/mol. The number of hydrogen-bond acceptors (Lipinski definition) is 3. The summed E-state index contributed by atoms with van der Waals surface area (Å²) in [4.78, 5) is 24.9. The molecule has 0 amide bonds. The van der Waals surface area contributed by atoms with E-state index in [9.17, 15) is 9.59 Å². The Morgan fingerprint density at radius 2 is 1.59 bits per heavy atom. The normalized spacial score (nSPS) is 11.0. The first-order chi connectivity index (χ1) is 10.6. The second-order valence-corrected chi connectivity index (χ2v) is 5.52. The molecule has 1 aromatic heterocycles. The molecule has 0 radical (unpaired) electrons. The third kappa shape index (κ3) is 2.35. The topological polar surface area (TPSA) is 47.3 Å². The molecule has 0 aliphatic rings. The van der Waals surface area contributed by atoms with Crippen molar-refractivity contribution in [3.05, 3.63) is 70.6 Å². The molecular formula is C19H16O3. The van der Waals surface area contributed by atoms with Gasteiger partial charge in [-0.1, -0.05) is 62.4 Å². The molecule has 0 fully saturated rings. The maximum absolute atomic E-state index is 12.5. The summed E-state index contributed by atoms with van der Waals surface area (Å²) in [7, 11) is 0. The molecule has 0 bridgehead atoms. The fourth-order valence-electron chi connectivity index (χ4n) is 2.57. The molecule has 0 saturated heterocycles. The van der Waals surface area contributed by atoms with Crippen LogP contribution in [0.5, 0.6) is 0 Å². The highest BCUT2D eigenvalue weighted by Gasteiger charge is 2.23.